The van der Waals surface area contributed by atoms with Gasteiger partial charge in [0, 0.05) is 5.56 Å². The Balaban J connectivity index is 1.66. The lowest BCUT2D eigenvalue weighted by molar-refractivity contribution is 0.0942. The highest BCUT2D eigenvalue weighted by Crippen LogP contribution is 2.18. The van der Waals surface area contributed by atoms with E-state index < -0.39 is 0 Å². The third-order valence-electron chi connectivity index (χ3n) is 3.33. The van der Waals surface area contributed by atoms with E-state index in [0.29, 0.717) is 29.6 Å². The molecule has 0 aliphatic rings. The molecule has 24 heavy (non-hydrogen) atoms. The van der Waals surface area contributed by atoms with Crippen LogP contribution in [-0.4, -0.2) is 22.7 Å². The smallest absolute Gasteiger partial charge is 0.255 e. The van der Waals surface area contributed by atoms with Gasteiger partial charge < -0.3 is 14.6 Å². The van der Waals surface area contributed by atoms with Gasteiger partial charge in [-0.05, 0) is 19.1 Å². The first kappa shape index (κ1) is 15.7. The van der Waals surface area contributed by atoms with Crippen LogP contribution in [0.5, 0.6) is 5.75 Å². The Kier molecular flexibility index (Phi) is 4.86. The molecule has 1 amide bonds. The molecule has 0 aliphatic heterocycles. The summed E-state index contributed by atoms with van der Waals surface area (Å²) >= 11 is 0. The van der Waals surface area contributed by atoms with Gasteiger partial charge in [-0.25, -0.2) is 0 Å². The van der Waals surface area contributed by atoms with E-state index in [1.54, 1.807) is 18.2 Å². The molecule has 3 aromatic rings. The maximum atomic E-state index is 12.3. The molecule has 0 radical (unpaired) electrons. The second kappa shape index (κ2) is 7.41. The fourth-order valence-corrected chi connectivity index (χ4v) is 2.22. The number of hydrogen-bond donors (Lipinski definition) is 1. The minimum atomic E-state index is -0.251. The van der Waals surface area contributed by atoms with Gasteiger partial charge in [-0.2, -0.15) is 4.98 Å². The van der Waals surface area contributed by atoms with Gasteiger partial charge in [0.15, 0.2) is 0 Å². The molecule has 0 saturated heterocycles. The zero-order valence-electron chi connectivity index (χ0n) is 13.2. The molecule has 3 rings (SSSR count). The summed E-state index contributed by atoms with van der Waals surface area (Å²) < 4.78 is 10.6. The maximum absolute atomic E-state index is 12.3. The summed E-state index contributed by atoms with van der Waals surface area (Å²) in [7, 11) is 0. The average Bonchev–Trinajstić information content (AvgIpc) is 3.10. The lowest BCUT2D eigenvalue weighted by atomic mass is 10.2. The number of carbonyl (C=O) groups excluding carboxylic acids is 1. The molecule has 1 aromatic heterocycles. The van der Waals surface area contributed by atoms with E-state index in [4.69, 9.17) is 9.26 Å². The van der Waals surface area contributed by atoms with E-state index in [9.17, 15) is 4.79 Å². The average molecular weight is 323 g/mol. The number of rotatable bonds is 6. The Morgan fingerprint density at radius 2 is 1.88 bits per heavy atom. The number of ether oxygens (including phenoxy) is 1. The van der Waals surface area contributed by atoms with Crippen LogP contribution in [0.2, 0.25) is 0 Å². The molecule has 0 aliphatic carbocycles. The highest BCUT2D eigenvalue weighted by molar-refractivity contribution is 5.96. The van der Waals surface area contributed by atoms with Crippen molar-refractivity contribution in [3.05, 3.63) is 66.1 Å². The fraction of sp³-hybridized carbons (Fsp3) is 0.167. The van der Waals surface area contributed by atoms with E-state index in [0.717, 1.165) is 5.56 Å². The SMILES string of the molecule is CCOc1ccccc1C(=O)NCc1nc(-c2ccccc2)no1. The van der Waals surface area contributed by atoms with Crippen molar-refractivity contribution in [1.82, 2.24) is 15.5 Å². The first-order valence-corrected chi connectivity index (χ1v) is 7.66. The highest BCUT2D eigenvalue weighted by Gasteiger charge is 2.14. The van der Waals surface area contributed by atoms with Crippen molar-refractivity contribution in [2.24, 2.45) is 0 Å². The van der Waals surface area contributed by atoms with Crippen LogP contribution in [0.3, 0.4) is 0 Å². The van der Waals surface area contributed by atoms with E-state index in [1.807, 2.05) is 43.3 Å². The fourth-order valence-electron chi connectivity index (χ4n) is 2.22. The minimum Gasteiger partial charge on any atom is -0.493 e. The van der Waals surface area contributed by atoms with E-state index >= 15 is 0 Å². The first-order chi connectivity index (χ1) is 11.8. The first-order valence-electron chi connectivity index (χ1n) is 7.66. The normalized spacial score (nSPS) is 10.4. The summed E-state index contributed by atoms with van der Waals surface area (Å²) in [5.74, 6) is 1.14. The third kappa shape index (κ3) is 3.60. The van der Waals surface area contributed by atoms with Gasteiger partial charge in [0.2, 0.25) is 11.7 Å². The van der Waals surface area contributed by atoms with Crippen LogP contribution >= 0.6 is 0 Å². The summed E-state index contributed by atoms with van der Waals surface area (Å²) in [6, 6.07) is 16.6. The Labute approximate surface area is 139 Å². The van der Waals surface area contributed by atoms with Gasteiger partial charge in [0.1, 0.15) is 5.75 Å². The molecule has 0 spiro atoms. The zero-order valence-corrected chi connectivity index (χ0v) is 13.2. The van der Waals surface area contributed by atoms with Gasteiger partial charge in [-0.3, -0.25) is 4.79 Å². The number of benzene rings is 2. The van der Waals surface area contributed by atoms with Crippen LogP contribution in [0.1, 0.15) is 23.2 Å². The largest absolute Gasteiger partial charge is 0.493 e. The molecule has 0 fully saturated rings. The molecular weight excluding hydrogens is 306 g/mol. The summed E-state index contributed by atoms with van der Waals surface area (Å²) in [6.07, 6.45) is 0. The highest BCUT2D eigenvalue weighted by atomic mass is 16.5. The molecule has 6 heteroatoms. The number of nitrogens with one attached hydrogen (secondary N) is 1. The molecule has 0 bridgehead atoms. The van der Waals surface area contributed by atoms with Gasteiger partial charge >= 0.3 is 0 Å². The Morgan fingerprint density at radius 1 is 1.12 bits per heavy atom. The number of aromatic nitrogens is 2. The number of amides is 1. The Hall–Kier alpha value is -3.15. The van der Waals surface area contributed by atoms with Crippen LogP contribution in [0, 0.1) is 0 Å². The second-order valence-corrected chi connectivity index (χ2v) is 4.99. The number of carbonyl (C=O) groups is 1. The van der Waals surface area contributed by atoms with Crippen molar-refractivity contribution in [2.75, 3.05) is 6.61 Å². The number of para-hydroxylation sites is 1. The molecule has 0 unspecified atom stereocenters. The lowest BCUT2D eigenvalue weighted by Crippen LogP contribution is -2.23. The van der Waals surface area contributed by atoms with Crippen molar-refractivity contribution in [2.45, 2.75) is 13.5 Å². The van der Waals surface area contributed by atoms with Crippen LogP contribution < -0.4 is 10.1 Å². The standard InChI is InChI=1S/C18H17N3O3/c1-2-23-15-11-7-6-10-14(15)18(22)19-12-16-20-17(21-24-16)13-8-4-3-5-9-13/h3-11H,2,12H2,1H3,(H,19,22). The van der Waals surface area contributed by atoms with Gasteiger partial charge in [-0.15, -0.1) is 0 Å². The van der Waals surface area contributed by atoms with Crippen molar-refractivity contribution in [1.29, 1.82) is 0 Å². The van der Waals surface area contributed by atoms with Gasteiger partial charge in [0.25, 0.3) is 5.91 Å². The van der Waals surface area contributed by atoms with Crippen molar-refractivity contribution in [3.63, 3.8) is 0 Å². The quantitative estimate of drug-likeness (QED) is 0.754. The number of nitrogens with zero attached hydrogens (tertiary/aromatic N) is 2. The van der Waals surface area contributed by atoms with Crippen LogP contribution in [-0.2, 0) is 6.54 Å². The van der Waals surface area contributed by atoms with Crippen LogP contribution in [0.4, 0.5) is 0 Å². The molecule has 122 valence electrons. The molecular formula is C18H17N3O3. The molecule has 1 N–H and O–H groups in total. The lowest BCUT2D eigenvalue weighted by Gasteiger charge is -2.09. The van der Waals surface area contributed by atoms with Crippen LogP contribution in [0.15, 0.2) is 59.1 Å². The minimum absolute atomic E-state index is 0.152. The summed E-state index contributed by atoms with van der Waals surface area (Å²) in [5, 5.41) is 6.69. The van der Waals surface area contributed by atoms with E-state index in [1.165, 1.54) is 0 Å². The molecule has 2 aromatic carbocycles. The Bertz CT molecular complexity index is 815. The summed E-state index contributed by atoms with van der Waals surface area (Å²) in [4.78, 5) is 16.6. The molecule has 1 heterocycles. The van der Waals surface area contributed by atoms with E-state index in [2.05, 4.69) is 15.5 Å². The van der Waals surface area contributed by atoms with E-state index in [-0.39, 0.29) is 12.5 Å². The molecule has 0 saturated carbocycles. The predicted molar refractivity (Wildman–Crippen MR) is 88.5 cm³/mol. The van der Waals surface area contributed by atoms with Crippen molar-refractivity contribution in [3.8, 4) is 17.1 Å². The monoisotopic (exact) mass is 323 g/mol. The number of hydrogen-bond acceptors (Lipinski definition) is 5. The van der Waals surface area contributed by atoms with Gasteiger partial charge in [-0.1, -0.05) is 47.6 Å². The van der Waals surface area contributed by atoms with Gasteiger partial charge in [0.05, 0.1) is 18.7 Å². The Morgan fingerprint density at radius 3 is 2.67 bits per heavy atom. The summed E-state index contributed by atoms with van der Waals surface area (Å²) in [6.45, 7) is 2.52. The van der Waals surface area contributed by atoms with Crippen LogP contribution in [0.25, 0.3) is 11.4 Å². The second-order valence-electron chi connectivity index (χ2n) is 4.99. The maximum Gasteiger partial charge on any atom is 0.255 e. The third-order valence-corrected chi connectivity index (χ3v) is 3.33. The van der Waals surface area contributed by atoms with Crippen molar-refractivity contribution < 1.29 is 14.1 Å². The zero-order chi connectivity index (χ0) is 16.8. The molecule has 0 atom stereocenters. The summed E-state index contributed by atoms with van der Waals surface area (Å²) in [5.41, 5.74) is 1.34. The molecule has 6 nitrogen and oxygen atoms in total. The topological polar surface area (TPSA) is 77.2 Å². The van der Waals surface area contributed by atoms with Crippen molar-refractivity contribution >= 4 is 5.91 Å². The predicted octanol–water partition coefficient (Wildman–Crippen LogP) is 3.07.